The Kier molecular flexibility index (Phi) is 4.34. The summed E-state index contributed by atoms with van der Waals surface area (Å²) in [5, 5.41) is 0. The number of carbonyl (C=O) groups is 1. The first-order valence-electron chi connectivity index (χ1n) is 6.74. The Balaban J connectivity index is 2.19. The van der Waals surface area contributed by atoms with Crippen molar-refractivity contribution < 1.29 is 4.79 Å². The van der Waals surface area contributed by atoms with E-state index in [1.54, 1.807) is 12.3 Å². The van der Waals surface area contributed by atoms with Crippen LogP contribution in [0.3, 0.4) is 0 Å². The van der Waals surface area contributed by atoms with Gasteiger partial charge in [0.2, 0.25) is 0 Å². The minimum Gasteiger partial charge on any atom is -0.338 e. The molecule has 2 rings (SSSR count). The first-order valence-corrected chi connectivity index (χ1v) is 7.53. The minimum absolute atomic E-state index is 0.0153. The van der Waals surface area contributed by atoms with Gasteiger partial charge in [-0.1, -0.05) is 20.8 Å². The van der Waals surface area contributed by atoms with Gasteiger partial charge in [-0.3, -0.25) is 4.79 Å². The van der Waals surface area contributed by atoms with Crippen molar-refractivity contribution in [3.8, 4) is 0 Å². The van der Waals surface area contributed by atoms with E-state index in [4.69, 9.17) is 5.84 Å². The topological polar surface area (TPSA) is 71.2 Å². The van der Waals surface area contributed by atoms with Crippen LogP contribution >= 0.6 is 15.9 Å². The average molecular weight is 341 g/mol. The number of aromatic nitrogens is 1. The minimum atomic E-state index is -0.0153. The number of nitrogens with one attached hydrogen (secondary N) is 1. The van der Waals surface area contributed by atoms with E-state index in [1.807, 2.05) is 4.90 Å². The largest absolute Gasteiger partial charge is 0.338 e. The number of pyridine rings is 1. The molecule has 110 valence electrons. The summed E-state index contributed by atoms with van der Waals surface area (Å²) in [6.07, 6.45) is 2.66. The summed E-state index contributed by atoms with van der Waals surface area (Å²) in [5.74, 6) is 6.36. The lowest BCUT2D eigenvalue weighted by molar-refractivity contribution is 0.0777. The van der Waals surface area contributed by atoms with Crippen LogP contribution in [-0.4, -0.2) is 28.9 Å². The molecule has 0 radical (unpaired) electrons. The molecule has 1 aromatic rings. The second-order valence-corrected chi connectivity index (χ2v) is 7.21. The second kappa shape index (κ2) is 5.69. The van der Waals surface area contributed by atoms with E-state index in [1.165, 1.54) is 0 Å². The number of hydrazine groups is 1. The van der Waals surface area contributed by atoms with Crippen molar-refractivity contribution in [3.63, 3.8) is 0 Å². The van der Waals surface area contributed by atoms with Crippen molar-refractivity contribution in [2.75, 3.05) is 18.5 Å². The molecule has 1 unspecified atom stereocenters. The highest BCUT2D eigenvalue weighted by molar-refractivity contribution is 9.10. The number of nitrogens with zero attached hydrogens (tertiary/aromatic N) is 2. The fourth-order valence-electron chi connectivity index (χ4n) is 2.54. The zero-order valence-corrected chi connectivity index (χ0v) is 13.7. The zero-order chi connectivity index (χ0) is 14.9. The molecule has 1 amide bonds. The highest BCUT2D eigenvalue weighted by Gasteiger charge is 2.34. The van der Waals surface area contributed by atoms with E-state index in [0.29, 0.717) is 17.3 Å². The fraction of sp³-hybridized carbons (Fsp3) is 0.571. The Morgan fingerprint density at radius 1 is 1.55 bits per heavy atom. The van der Waals surface area contributed by atoms with Crippen LogP contribution in [0.5, 0.6) is 0 Å². The molecule has 1 aromatic heterocycles. The number of nitrogens with two attached hydrogens (primary N) is 1. The van der Waals surface area contributed by atoms with Crippen LogP contribution < -0.4 is 11.3 Å². The summed E-state index contributed by atoms with van der Waals surface area (Å²) in [6, 6.07) is 1.76. The molecule has 20 heavy (non-hydrogen) atoms. The van der Waals surface area contributed by atoms with Crippen LogP contribution in [0, 0.1) is 11.3 Å². The average Bonchev–Trinajstić information content (AvgIpc) is 2.87. The van der Waals surface area contributed by atoms with E-state index in [-0.39, 0.29) is 11.3 Å². The number of likely N-dealkylation sites (tertiary alicyclic amines) is 1. The fourth-order valence-corrected chi connectivity index (χ4v) is 2.87. The van der Waals surface area contributed by atoms with Gasteiger partial charge < -0.3 is 10.3 Å². The maximum absolute atomic E-state index is 12.6. The lowest BCUT2D eigenvalue weighted by atomic mass is 9.80. The van der Waals surface area contributed by atoms with Gasteiger partial charge in [0.15, 0.2) is 5.82 Å². The Bertz CT molecular complexity index is 512. The molecule has 5 nitrogen and oxygen atoms in total. The van der Waals surface area contributed by atoms with E-state index in [0.717, 1.165) is 24.0 Å². The molecule has 0 saturated carbocycles. The molecular weight excluding hydrogens is 320 g/mol. The molecule has 1 fully saturated rings. The molecule has 3 N–H and O–H groups in total. The second-order valence-electron chi connectivity index (χ2n) is 6.30. The molecule has 0 bridgehead atoms. The number of carbonyl (C=O) groups excluding carboxylic acids is 1. The Morgan fingerprint density at radius 2 is 2.25 bits per heavy atom. The van der Waals surface area contributed by atoms with Crippen LogP contribution in [0.4, 0.5) is 5.82 Å². The van der Waals surface area contributed by atoms with Gasteiger partial charge in [0, 0.05) is 23.8 Å². The SMILES string of the molecule is CC(C)(C)C1CCN(C(=O)c2cc(Br)cnc2NN)C1. The lowest BCUT2D eigenvalue weighted by Gasteiger charge is -2.27. The molecule has 0 aliphatic carbocycles. The molecule has 1 atom stereocenters. The Morgan fingerprint density at radius 3 is 2.80 bits per heavy atom. The van der Waals surface area contributed by atoms with Gasteiger partial charge >= 0.3 is 0 Å². The highest BCUT2D eigenvalue weighted by atomic mass is 79.9. The molecular formula is C14H21BrN4O. The van der Waals surface area contributed by atoms with Gasteiger partial charge in [-0.25, -0.2) is 10.8 Å². The van der Waals surface area contributed by atoms with E-state index >= 15 is 0 Å². The molecule has 6 heteroatoms. The quantitative estimate of drug-likeness (QED) is 0.641. The van der Waals surface area contributed by atoms with Crippen molar-refractivity contribution in [2.45, 2.75) is 27.2 Å². The maximum atomic E-state index is 12.6. The number of rotatable bonds is 2. The summed E-state index contributed by atoms with van der Waals surface area (Å²) in [7, 11) is 0. The van der Waals surface area contributed by atoms with Gasteiger partial charge in [0.05, 0.1) is 5.56 Å². The van der Waals surface area contributed by atoms with E-state index in [9.17, 15) is 4.79 Å². The van der Waals surface area contributed by atoms with E-state index in [2.05, 4.69) is 47.1 Å². The van der Waals surface area contributed by atoms with Crippen LogP contribution in [0.1, 0.15) is 37.6 Å². The van der Waals surface area contributed by atoms with Gasteiger partial charge in [-0.2, -0.15) is 0 Å². The van der Waals surface area contributed by atoms with Crippen LogP contribution in [0.25, 0.3) is 0 Å². The van der Waals surface area contributed by atoms with Gasteiger partial charge in [-0.15, -0.1) is 0 Å². The lowest BCUT2D eigenvalue weighted by Crippen LogP contribution is -2.32. The van der Waals surface area contributed by atoms with Crippen LogP contribution in [0.15, 0.2) is 16.7 Å². The number of hydrogen-bond donors (Lipinski definition) is 2. The first kappa shape index (κ1) is 15.3. The molecule has 0 aromatic carbocycles. The summed E-state index contributed by atoms with van der Waals surface area (Å²) in [6.45, 7) is 8.24. The molecule has 1 aliphatic heterocycles. The third kappa shape index (κ3) is 3.12. The predicted octanol–water partition coefficient (Wildman–Crippen LogP) is 2.64. The zero-order valence-electron chi connectivity index (χ0n) is 12.1. The number of anilines is 1. The van der Waals surface area contributed by atoms with Crippen molar-refractivity contribution in [3.05, 3.63) is 22.3 Å². The summed E-state index contributed by atoms with van der Waals surface area (Å²) >= 11 is 3.34. The van der Waals surface area contributed by atoms with Crippen molar-refractivity contribution in [1.82, 2.24) is 9.88 Å². The smallest absolute Gasteiger partial charge is 0.257 e. The molecule has 0 spiro atoms. The number of hydrogen-bond acceptors (Lipinski definition) is 4. The standard InChI is InChI=1S/C14H21BrN4O/c1-14(2,3)9-4-5-19(8-9)13(20)11-6-10(15)7-17-12(11)18-16/h6-7,9H,4-5,8,16H2,1-3H3,(H,17,18). The van der Waals surface area contributed by atoms with Crippen molar-refractivity contribution in [2.24, 2.45) is 17.2 Å². The summed E-state index contributed by atoms with van der Waals surface area (Å²) < 4.78 is 0.770. The van der Waals surface area contributed by atoms with E-state index < -0.39 is 0 Å². The Labute approximate surface area is 128 Å². The number of nitrogen functional groups attached to an aromatic ring is 1. The van der Waals surface area contributed by atoms with Gasteiger partial charge in [-0.05, 0) is 39.8 Å². The van der Waals surface area contributed by atoms with Crippen LogP contribution in [0.2, 0.25) is 0 Å². The van der Waals surface area contributed by atoms with Crippen molar-refractivity contribution in [1.29, 1.82) is 0 Å². The molecule has 1 aliphatic rings. The maximum Gasteiger partial charge on any atom is 0.257 e. The predicted molar refractivity (Wildman–Crippen MR) is 83.2 cm³/mol. The molecule has 2 heterocycles. The number of halogens is 1. The van der Waals surface area contributed by atoms with Crippen LogP contribution in [-0.2, 0) is 0 Å². The summed E-state index contributed by atoms with van der Waals surface area (Å²) in [4.78, 5) is 18.6. The third-order valence-electron chi connectivity index (χ3n) is 3.92. The summed E-state index contributed by atoms with van der Waals surface area (Å²) in [5.41, 5.74) is 3.22. The third-order valence-corrected chi connectivity index (χ3v) is 4.36. The first-order chi connectivity index (χ1) is 9.32. The monoisotopic (exact) mass is 340 g/mol. The Hall–Kier alpha value is -1.14. The van der Waals surface area contributed by atoms with Crippen molar-refractivity contribution >= 4 is 27.7 Å². The number of amides is 1. The highest BCUT2D eigenvalue weighted by Crippen LogP contribution is 2.34. The normalized spacial score (nSPS) is 19.2. The molecule has 1 saturated heterocycles. The van der Waals surface area contributed by atoms with Gasteiger partial charge in [0.25, 0.3) is 5.91 Å². The van der Waals surface area contributed by atoms with Gasteiger partial charge in [0.1, 0.15) is 0 Å².